The minimum Gasteiger partial charge on any atom is -0.504 e. The molecular formula is C17H12N6O4. The number of pyridine rings is 2. The van der Waals surface area contributed by atoms with Gasteiger partial charge in [-0.3, -0.25) is 9.36 Å². The highest BCUT2D eigenvalue weighted by atomic mass is 16.4. The number of nitrogens with zero attached hydrogens (tertiary/aromatic N) is 5. The van der Waals surface area contributed by atoms with E-state index in [1.165, 1.54) is 16.7 Å². The van der Waals surface area contributed by atoms with Crippen molar-refractivity contribution >= 4 is 23.1 Å². The van der Waals surface area contributed by atoms with Crippen LogP contribution in [0.2, 0.25) is 0 Å². The average molecular weight is 364 g/mol. The van der Waals surface area contributed by atoms with Crippen LogP contribution in [0.5, 0.6) is 5.75 Å². The summed E-state index contributed by atoms with van der Waals surface area (Å²) in [5.74, 6) is -0.999. The summed E-state index contributed by atoms with van der Waals surface area (Å²) >= 11 is 0. The lowest BCUT2D eigenvalue weighted by Crippen LogP contribution is -2.21. The minimum atomic E-state index is -1.25. The predicted octanol–water partition coefficient (Wildman–Crippen LogP) is 1.42. The van der Waals surface area contributed by atoms with Crippen LogP contribution in [-0.4, -0.2) is 40.3 Å². The number of nitrogens with one attached hydrogen (secondary N) is 1. The number of aromatic nitrogens is 5. The second kappa shape index (κ2) is 6.26. The van der Waals surface area contributed by atoms with Gasteiger partial charge < -0.3 is 15.5 Å². The third kappa shape index (κ3) is 2.84. The molecule has 4 aromatic rings. The highest BCUT2D eigenvalue weighted by Gasteiger charge is 2.16. The fraction of sp³-hybridized carbons (Fsp3) is 0. The van der Waals surface area contributed by atoms with Crippen molar-refractivity contribution in [3.8, 4) is 11.6 Å². The molecule has 10 nitrogen and oxygen atoms in total. The number of anilines is 2. The molecule has 0 aliphatic heterocycles. The van der Waals surface area contributed by atoms with Crippen molar-refractivity contribution in [3.05, 3.63) is 71.0 Å². The van der Waals surface area contributed by atoms with Crippen molar-refractivity contribution in [1.82, 2.24) is 24.1 Å². The van der Waals surface area contributed by atoms with Crippen LogP contribution in [0.3, 0.4) is 0 Å². The van der Waals surface area contributed by atoms with Crippen LogP contribution in [0.4, 0.5) is 11.5 Å². The number of imidazole rings is 1. The van der Waals surface area contributed by atoms with Gasteiger partial charge in [-0.15, -0.1) is 5.10 Å². The van der Waals surface area contributed by atoms with E-state index in [0.717, 1.165) is 10.7 Å². The van der Waals surface area contributed by atoms with E-state index < -0.39 is 5.97 Å². The molecule has 0 saturated heterocycles. The Morgan fingerprint density at radius 1 is 1.15 bits per heavy atom. The Bertz CT molecular complexity index is 1220. The second-order valence-electron chi connectivity index (χ2n) is 5.51. The number of carbonyl (C=O) groups is 1. The van der Waals surface area contributed by atoms with Crippen molar-refractivity contribution in [2.45, 2.75) is 0 Å². The molecule has 0 aliphatic rings. The number of fused-ring (bicyclic) bond motifs is 1. The van der Waals surface area contributed by atoms with Gasteiger partial charge in [-0.25, -0.2) is 19.3 Å². The van der Waals surface area contributed by atoms with Crippen molar-refractivity contribution in [2.75, 3.05) is 5.32 Å². The Morgan fingerprint density at radius 3 is 2.74 bits per heavy atom. The predicted molar refractivity (Wildman–Crippen MR) is 94.7 cm³/mol. The first kappa shape index (κ1) is 16.3. The number of carboxylic acids is 1. The van der Waals surface area contributed by atoms with Crippen LogP contribution < -0.4 is 10.9 Å². The van der Waals surface area contributed by atoms with E-state index in [-0.39, 0.29) is 34.2 Å². The lowest BCUT2D eigenvalue weighted by molar-refractivity contribution is 0.0688. The Kier molecular flexibility index (Phi) is 3.77. The van der Waals surface area contributed by atoms with Gasteiger partial charge in [0.25, 0.3) is 5.56 Å². The summed E-state index contributed by atoms with van der Waals surface area (Å²) in [6, 6.07) is 9.63. The molecule has 0 amide bonds. The van der Waals surface area contributed by atoms with Crippen LogP contribution in [-0.2, 0) is 0 Å². The van der Waals surface area contributed by atoms with Crippen LogP contribution in [0, 0.1) is 0 Å². The topological polar surface area (TPSA) is 135 Å². The van der Waals surface area contributed by atoms with Gasteiger partial charge in [0.1, 0.15) is 11.5 Å². The van der Waals surface area contributed by atoms with Crippen LogP contribution in [0.1, 0.15) is 10.5 Å². The first-order chi connectivity index (χ1) is 13.0. The standard InChI is InChI=1S/C17H12N6O4/c24-12-8-13(21-23-11(17(26)27)9-19-15(12)23)20-10-4-3-7-22(16(10)25)14-5-1-2-6-18-14/h1-9,24H,(H,20,21)(H,26,27). The Labute approximate surface area is 151 Å². The molecule has 27 heavy (non-hydrogen) atoms. The first-order valence-electron chi connectivity index (χ1n) is 7.76. The number of aromatic carboxylic acids is 1. The number of rotatable bonds is 4. The molecule has 134 valence electrons. The molecule has 0 atom stereocenters. The third-order valence-electron chi connectivity index (χ3n) is 3.77. The largest absolute Gasteiger partial charge is 0.504 e. The zero-order valence-electron chi connectivity index (χ0n) is 13.6. The fourth-order valence-electron chi connectivity index (χ4n) is 2.56. The maximum atomic E-state index is 12.7. The number of aromatic hydroxyl groups is 1. The van der Waals surface area contributed by atoms with Gasteiger partial charge in [-0.1, -0.05) is 6.07 Å². The summed E-state index contributed by atoms with van der Waals surface area (Å²) in [5.41, 5.74) is -0.437. The molecule has 0 unspecified atom stereocenters. The highest BCUT2D eigenvalue weighted by Crippen LogP contribution is 2.22. The van der Waals surface area contributed by atoms with Gasteiger partial charge in [0.15, 0.2) is 22.9 Å². The molecule has 4 aromatic heterocycles. The summed E-state index contributed by atoms with van der Waals surface area (Å²) in [4.78, 5) is 31.9. The van der Waals surface area contributed by atoms with Crippen molar-refractivity contribution in [1.29, 1.82) is 0 Å². The summed E-state index contributed by atoms with van der Waals surface area (Å²) < 4.78 is 2.33. The smallest absolute Gasteiger partial charge is 0.356 e. The molecule has 0 saturated carbocycles. The lowest BCUT2D eigenvalue weighted by Gasteiger charge is -2.09. The van der Waals surface area contributed by atoms with Gasteiger partial charge in [0.2, 0.25) is 0 Å². The molecule has 0 aromatic carbocycles. The minimum absolute atomic E-state index is 0.00286. The van der Waals surface area contributed by atoms with E-state index >= 15 is 0 Å². The lowest BCUT2D eigenvalue weighted by atomic mass is 10.3. The van der Waals surface area contributed by atoms with Crippen molar-refractivity contribution in [3.63, 3.8) is 0 Å². The van der Waals surface area contributed by atoms with E-state index in [4.69, 9.17) is 0 Å². The third-order valence-corrected chi connectivity index (χ3v) is 3.77. The molecule has 0 bridgehead atoms. The SMILES string of the molecule is O=C(O)c1cnc2c(O)cc(Nc3cccn(-c4ccccn4)c3=O)nn12. The van der Waals surface area contributed by atoms with Crippen molar-refractivity contribution < 1.29 is 15.0 Å². The van der Waals surface area contributed by atoms with Crippen molar-refractivity contribution in [2.24, 2.45) is 0 Å². The van der Waals surface area contributed by atoms with E-state index in [1.54, 1.807) is 36.7 Å². The van der Waals surface area contributed by atoms with Gasteiger partial charge in [-0.2, -0.15) is 0 Å². The maximum Gasteiger partial charge on any atom is 0.356 e. The molecule has 10 heteroatoms. The zero-order chi connectivity index (χ0) is 19.0. The normalized spacial score (nSPS) is 10.8. The van der Waals surface area contributed by atoms with Crippen LogP contribution in [0.25, 0.3) is 11.5 Å². The summed E-state index contributed by atoms with van der Waals surface area (Å²) in [7, 11) is 0. The number of hydrogen-bond donors (Lipinski definition) is 3. The number of hydrogen-bond acceptors (Lipinski definition) is 7. The second-order valence-corrected chi connectivity index (χ2v) is 5.51. The fourth-order valence-corrected chi connectivity index (χ4v) is 2.56. The van der Waals surface area contributed by atoms with E-state index in [2.05, 4.69) is 20.4 Å². The van der Waals surface area contributed by atoms with Gasteiger partial charge in [-0.05, 0) is 24.3 Å². The summed E-state index contributed by atoms with van der Waals surface area (Å²) in [5, 5.41) is 26.2. The Hall–Kier alpha value is -4.21. The van der Waals surface area contributed by atoms with E-state index in [0.29, 0.717) is 5.82 Å². The summed E-state index contributed by atoms with van der Waals surface area (Å²) in [6.07, 6.45) is 4.23. The Balaban J connectivity index is 1.78. The molecule has 0 fully saturated rings. The molecular weight excluding hydrogens is 352 g/mol. The Morgan fingerprint density at radius 2 is 2.00 bits per heavy atom. The monoisotopic (exact) mass is 364 g/mol. The number of carboxylic acid groups (broad SMARTS) is 1. The van der Waals surface area contributed by atoms with Crippen LogP contribution >= 0.6 is 0 Å². The molecule has 0 radical (unpaired) electrons. The van der Waals surface area contributed by atoms with Crippen LogP contribution in [0.15, 0.2) is 59.8 Å². The van der Waals surface area contributed by atoms with Gasteiger partial charge in [0.05, 0.1) is 6.20 Å². The van der Waals surface area contributed by atoms with E-state index in [9.17, 15) is 19.8 Å². The molecule has 4 rings (SSSR count). The molecule has 0 spiro atoms. The molecule has 0 aliphatic carbocycles. The molecule has 3 N–H and O–H groups in total. The first-order valence-corrected chi connectivity index (χ1v) is 7.76. The van der Waals surface area contributed by atoms with E-state index in [1.807, 2.05) is 0 Å². The highest BCUT2D eigenvalue weighted by molar-refractivity contribution is 5.87. The van der Waals surface area contributed by atoms with Gasteiger partial charge >= 0.3 is 5.97 Å². The van der Waals surface area contributed by atoms with Gasteiger partial charge in [0, 0.05) is 18.5 Å². The zero-order valence-corrected chi connectivity index (χ0v) is 13.6. The molecule has 4 heterocycles. The summed E-state index contributed by atoms with van der Waals surface area (Å²) in [6.45, 7) is 0. The average Bonchev–Trinajstić information content (AvgIpc) is 3.09. The maximum absolute atomic E-state index is 12.7. The quantitative estimate of drug-likeness (QED) is 0.495.